The number of nitrogens with zero attached hydrogens (tertiary/aromatic N) is 1. The molecular weight excluding hydrogens is 302 g/mol. The Bertz CT molecular complexity index is 749. The minimum absolute atomic E-state index is 0.109. The second-order valence-electron chi connectivity index (χ2n) is 4.97. The molecule has 0 radical (unpaired) electrons. The molecule has 1 aliphatic heterocycles. The molecule has 0 aliphatic carbocycles. The molecule has 0 atom stereocenters. The average Bonchev–Trinajstić information content (AvgIpc) is 2.54. The fraction of sp³-hybridized carbons (Fsp3) is 0.375. The number of hydrogen-bond acceptors (Lipinski definition) is 5. The second-order valence-corrected chi connectivity index (χ2v) is 6.20. The highest BCUT2D eigenvalue weighted by Gasteiger charge is 2.21. The van der Waals surface area contributed by atoms with Gasteiger partial charge in [-0.15, -0.1) is 0 Å². The summed E-state index contributed by atoms with van der Waals surface area (Å²) in [5.41, 5.74) is 0.269. The number of carbonyl (C=O) groups is 1. The standard InChI is InChI=1S/C16H17NO4S/c1-2-20-11-3-4-12-13(10-15(18)21-14(12)9-11)16(19)17-5-7-22-8-6-17/h3-4,9-10H,2,5-8H2,1H3. The quantitative estimate of drug-likeness (QED) is 0.813. The van der Waals surface area contributed by atoms with E-state index in [1.54, 1.807) is 23.1 Å². The zero-order chi connectivity index (χ0) is 15.5. The van der Waals surface area contributed by atoms with Crippen LogP contribution in [-0.2, 0) is 0 Å². The maximum absolute atomic E-state index is 12.7. The maximum atomic E-state index is 12.7. The molecule has 0 N–H and O–H groups in total. The molecule has 1 saturated heterocycles. The van der Waals surface area contributed by atoms with Gasteiger partial charge in [-0.05, 0) is 19.1 Å². The van der Waals surface area contributed by atoms with Crippen LogP contribution in [0.2, 0.25) is 0 Å². The van der Waals surface area contributed by atoms with Crippen molar-refractivity contribution in [1.82, 2.24) is 4.90 Å². The summed E-state index contributed by atoms with van der Waals surface area (Å²) in [6.45, 7) is 3.83. The van der Waals surface area contributed by atoms with Gasteiger partial charge in [0, 0.05) is 42.1 Å². The summed E-state index contributed by atoms with van der Waals surface area (Å²) in [6.07, 6.45) is 0. The van der Waals surface area contributed by atoms with Crippen molar-refractivity contribution in [2.75, 3.05) is 31.2 Å². The van der Waals surface area contributed by atoms with Crippen LogP contribution in [0.4, 0.5) is 0 Å². The molecule has 2 heterocycles. The molecule has 6 heteroatoms. The third-order valence-electron chi connectivity index (χ3n) is 3.56. The number of rotatable bonds is 3. The Kier molecular flexibility index (Phi) is 4.38. The number of carbonyl (C=O) groups excluding carboxylic acids is 1. The lowest BCUT2D eigenvalue weighted by Gasteiger charge is -2.26. The summed E-state index contributed by atoms with van der Waals surface area (Å²) < 4.78 is 10.6. The summed E-state index contributed by atoms with van der Waals surface area (Å²) >= 11 is 1.83. The van der Waals surface area contributed by atoms with E-state index < -0.39 is 5.63 Å². The number of thioether (sulfide) groups is 1. The van der Waals surface area contributed by atoms with E-state index in [9.17, 15) is 9.59 Å². The van der Waals surface area contributed by atoms with E-state index >= 15 is 0 Å². The van der Waals surface area contributed by atoms with Gasteiger partial charge in [-0.2, -0.15) is 11.8 Å². The first kappa shape index (κ1) is 15.0. The highest BCUT2D eigenvalue weighted by atomic mass is 32.2. The number of ether oxygens (including phenoxy) is 1. The first-order valence-electron chi connectivity index (χ1n) is 7.27. The summed E-state index contributed by atoms with van der Waals surface area (Å²) in [7, 11) is 0. The summed E-state index contributed by atoms with van der Waals surface area (Å²) in [5.74, 6) is 2.37. The van der Waals surface area contributed by atoms with Gasteiger partial charge in [0.1, 0.15) is 11.3 Å². The van der Waals surface area contributed by atoms with Crippen molar-refractivity contribution < 1.29 is 13.9 Å². The van der Waals surface area contributed by atoms with E-state index in [0.29, 0.717) is 42.0 Å². The van der Waals surface area contributed by atoms with Gasteiger partial charge in [0.15, 0.2) is 0 Å². The molecule has 0 spiro atoms. The molecule has 1 fully saturated rings. The van der Waals surface area contributed by atoms with E-state index in [0.717, 1.165) is 11.5 Å². The highest BCUT2D eigenvalue weighted by Crippen LogP contribution is 2.24. The molecule has 3 rings (SSSR count). The van der Waals surface area contributed by atoms with Crippen molar-refractivity contribution >= 4 is 28.6 Å². The Morgan fingerprint density at radius 3 is 2.82 bits per heavy atom. The van der Waals surface area contributed by atoms with E-state index in [1.807, 2.05) is 18.7 Å². The smallest absolute Gasteiger partial charge is 0.337 e. The highest BCUT2D eigenvalue weighted by molar-refractivity contribution is 7.99. The van der Waals surface area contributed by atoms with Crippen molar-refractivity contribution in [2.45, 2.75) is 6.92 Å². The Balaban J connectivity index is 2.04. The van der Waals surface area contributed by atoms with Gasteiger partial charge >= 0.3 is 5.63 Å². The zero-order valence-corrected chi connectivity index (χ0v) is 13.1. The molecule has 1 aromatic heterocycles. The fourth-order valence-electron chi connectivity index (χ4n) is 2.51. The van der Waals surface area contributed by atoms with Gasteiger partial charge in [-0.25, -0.2) is 4.79 Å². The number of amides is 1. The van der Waals surface area contributed by atoms with Gasteiger partial charge in [-0.1, -0.05) is 0 Å². The minimum Gasteiger partial charge on any atom is -0.494 e. The lowest BCUT2D eigenvalue weighted by Crippen LogP contribution is -2.38. The predicted octanol–water partition coefficient (Wildman–Crippen LogP) is 2.38. The van der Waals surface area contributed by atoms with E-state index in [4.69, 9.17) is 9.15 Å². The molecular formula is C16H17NO4S. The van der Waals surface area contributed by atoms with Crippen molar-refractivity contribution in [1.29, 1.82) is 0 Å². The van der Waals surface area contributed by atoms with Crippen molar-refractivity contribution in [3.8, 4) is 5.75 Å². The Morgan fingerprint density at radius 1 is 1.32 bits per heavy atom. The number of fused-ring (bicyclic) bond motifs is 1. The Labute approximate surface area is 132 Å². The molecule has 5 nitrogen and oxygen atoms in total. The van der Waals surface area contributed by atoms with Gasteiger partial charge in [-0.3, -0.25) is 4.79 Å². The molecule has 1 aromatic carbocycles. The van der Waals surface area contributed by atoms with Crippen LogP contribution in [0.3, 0.4) is 0 Å². The monoisotopic (exact) mass is 319 g/mol. The predicted molar refractivity (Wildman–Crippen MR) is 86.9 cm³/mol. The van der Waals surface area contributed by atoms with Crippen LogP contribution < -0.4 is 10.4 Å². The lowest BCUT2D eigenvalue weighted by molar-refractivity contribution is 0.0773. The van der Waals surface area contributed by atoms with Crippen LogP contribution in [-0.4, -0.2) is 42.0 Å². The van der Waals surface area contributed by atoms with Crippen molar-refractivity contribution in [3.05, 3.63) is 40.2 Å². The largest absolute Gasteiger partial charge is 0.494 e. The van der Waals surface area contributed by atoms with E-state index in [-0.39, 0.29) is 5.91 Å². The summed E-state index contributed by atoms with van der Waals surface area (Å²) in [4.78, 5) is 26.3. The SMILES string of the molecule is CCOc1ccc2c(C(=O)N3CCSCC3)cc(=O)oc2c1. The Hall–Kier alpha value is -1.95. The van der Waals surface area contributed by atoms with Crippen molar-refractivity contribution in [2.24, 2.45) is 0 Å². The second kappa shape index (κ2) is 6.44. The average molecular weight is 319 g/mol. The molecule has 116 valence electrons. The summed E-state index contributed by atoms with van der Waals surface area (Å²) in [6, 6.07) is 6.50. The maximum Gasteiger partial charge on any atom is 0.337 e. The van der Waals surface area contributed by atoms with Gasteiger partial charge in [0.2, 0.25) is 0 Å². The third-order valence-corrected chi connectivity index (χ3v) is 4.50. The van der Waals surface area contributed by atoms with Crippen LogP contribution in [0.15, 0.2) is 33.5 Å². The first-order chi connectivity index (χ1) is 10.7. The molecule has 0 saturated carbocycles. The summed E-state index contributed by atoms with van der Waals surface area (Å²) in [5, 5.41) is 0.645. The molecule has 1 amide bonds. The molecule has 22 heavy (non-hydrogen) atoms. The lowest BCUT2D eigenvalue weighted by atomic mass is 10.1. The van der Waals surface area contributed by atoms with Gasteiger partial charge in [0.25, 0.3) is 5.91 Å². The molecule has 2 aromatic rings. The van der Waals surface area contributed by atoms with Crippen LogP contribution in [0.5, 0.6) is 5.75 Å². The topological polar surface area (TPSA) is 59.8 Å². The van der Waals surface area contributed by atoms with Gasteiger partial charge in [0.05, 0.1) is 12.2 Å². The van der Waals surface area contributed by atoms with E-state index in [1.165, 1.54) is 6.07 Å². The molecule has 1 aliphatic rings. The van der Waals surface area contributed by atoms with E-state index in [2.05, 4.69) is 0 Å². The van der Waals surface area contributed by atoms with Crippen LogP contribution in [0.25, 0.3) is 11.0 Å². The third kappa shape index (κ3) is 2.97. The van der Waals surface area contributed by atoms with Crippen LogP contribution in [0, 0.1) is 0 Å². The minimum atomic E-state index is -0.518. The first-order valence-corrected chi connectivity index (χ1v) is 8.42. The Morgan fingerprint density at radius 2 is 2.09 bits per heavy atom. The van der Waals surface area contributed by atoms with Crippen molar-refractivity contribution in [3.63, 3.8) is 0 Å². The molecule has 0 bridgehead atoms. The van der Waals surface area contributed by atoms with Gasteiger partial charge < -0.3 is 14.1 Å². The number of benzene rings is 1. The normalized spacial score (nSPS) is 15.0. The molecule has 0 unspecified atom stereocenters. The number of hydrogen-bond donors (Lipinski definition) is 0. The fourth-order valence-corrected chi connectivity index (χ4v) is 3.42. The van der Waals surface area contributed by atoms with Crippen LogP contribution >= 0.6 is 11.8 Å². The van der Waals surface area contributed by atoms with Crippen LogP contribution in [0.1, 0.15) is 17.3 Å². The zero-order valence-electron chi connectivity index (χ0n) is 12.3.